The number of hydrogen-bond donors (Lipinski definition) is 6. The number of ether oxygens (including phenoxy) is 9. The molecule has 3 aromatic carbocycles. The summed E-state index contributed by atoms with van der Waals surface area (Å²) < 4.78 is 118. The number of carbonyl (C=O) groups is 3. The molecule has 21 rings (SSSR count). The Morgan fingerprint density at radius 3 is 1.14 bits per heavy atom. The fourth-order valence-corrected chi connectivity index (χ4v) is 24.2. The summed E-state index contributed by atoms with van der Waals surface area (Å²) in [5, 5.41) is 16.0. The number of hydrogen-bond acceptors (Lipinski definition) is 29. The smallest absolute Gasteiger partial charge is 0.264 e. The molecule has 3 aromatic rings. The van der Waals surface area contributed by atoms with E-state index in [1.165, 1.54) is 129 Å². The van der Waals surface area contributed by atoms with Crippen molar-refractivity contribution in [3.8, 4) is 0 Å². The highest BCUT2D eigenvalue weighted by Gasteiger charge is 2.70. The second-order valence-electron chi connectivity index (χ2n) is 40.3. The number of halogens is 2. The number of nitrogens with one attached hydrogen (secondary N) is 2. The zero-order chi connectivity index (χ0) is 97.4. The van der Waals surface area contributed by atoms with E-state index in [1.807, 2.05) is 12.0 Å². The number of methoxy groups -OCH3 is 3. The van der Waals surface area contributed by atoms with Crippen molar-refractivity contribution in [2.75, 3.05) is 145 Å². The molecular formula is C100H158ClIN10O21S5. The van der Waals surface area contributed by atoms with Crippen LogP contribution in [0.5, 0.6) is 0 Å². The number of nitrogens with two attached hydrogens (primary N) is 2. The number of aliphatic imine (C=N–C) groups is 2. The number of aliphatic hydroxyl groups is 1. The molecule has 38 heteroatoms. The number of fused-ring (bicyclic) bond motifs is 9. The van der Waals surface area contributed by atoms with Crippen molar-refractivity contribution < 1.29 is 95.7 Å². The number of aryl methyl sites for hydroxylation is 3. The lowest BCUT2D eigenvalue weighted by Gasteiger charge is -2.46. The molecule has 9 heterocycles. The van der Waals surface area contributed by atoms with Crippen LogP contribution in [0.25, 0.3) is 0 Å². The molecule has 0 radical (unpaired) electrons. The van der Waals surface area contributed by atoms with Crippen LogP contribution in [-0.4, -0.2) is 279 Å². The number of thioether (sulfide) groups is 1. The number of nitrogens with zero attached hydrogens (tertiary/aromatic N) is 5. The van der Waals surface area contributed by atoms with Gasteiger partial charge in [-0.25, -0.2) is 18.4 Å². The average Bonchev–Trinajstić information content (AvgIpc) is 1.53. The van der Waals surface area contributed by atoms with Crippen molar-refractivity contribution in [1.29, 1.82) is 0 Å². The van der Waals surface area contributed by atoms with Crippen molar-refractivity contribution in [3.05, 3.63) is 105 Å². The third-order valence-corrected chi connectivity index (χ3v) is 33.8. The first-order valence-corrected chi connectivity index (χ1v) is 57.9. The summed E-state index contributed by atoms with van der Waals surface area (Å²) in [6.45, 7) is 16.5. The van der Waals surface area contributed by atoms with E-state index in [2.05, 4.69) is 116 Å². The van der Waals surface area contributed by atoms with Crippen LogP contribution in [0.15, 0.2) is 64.6 Å². The molecule has 6 spiro atoms. The Morgan fingerprint density at radius 1 is 0.507 bits per heavy atom. The van der Waals surface area contributed by atoms with E-state index in [4.69, 9.17) is 75.7 Å². The molecule has 31 nitrogen and oxygen atoms in total. The maximum absolute atomic E-state index is 14.8. The van der Waals surface area contributed by atoms with Crippen molar-refractivity contribution >= 4 is 122 Å². The zero-order valence-corrected chi connectivity index (χ0v) is 90.3. The molecule has 9 aliphatic heterocycles. The monoisotopic (exact) mass is 2160 g/mol. The van der Waals surface area contributed by atoms with Gasteiger partial charge in [-0.3, -0.25) is 32.5 Å². The van der Waals surface area contributed by atoms with Gasteiger partial charge in [0.2, 0.25) is 9.05 Å². The maximum atomic E-state index is 14.8. The molecule has 13 fully saturated rings. The number of thiocarbonyl (C=S) groups is 1. The minimum atomic E-state index is -3.28. The quantitative estimate of drug-likeness (QED) is 0.0170. The highest BCUT2D eigenvalue weighted by molar-refractivity contribution is 14.0. The molecular weight excluding hydrogens is 2000 g/mol. The van der Waals surface area contributed by atoms with Gasteiger partial charge >= 0.3 is 0 Å². The summed E-state index contributed by atoms with van der Waals surface area (Å²) in [7, 11) is 1.67. The molecule has 0 bridgehead atoms. The van der Waals surface area contributed by atoms with E-state index in [-0.39, 0.29) is 133 Å². The molecule has 9 aliphatic carbocycles. The molecule has 9 unspecified atom stereocenters. The first-order chi connectivity index (χ1) is 65.1. The topological polar surface area (TPSA) is 421 Å². The molecule has 3 amide bonds. The van der Waals surface area contributed by atoms with Gasteiger partial charge < -0.3 is 80.9 Å². The zero-order valence-electron chi connectivity index (χ0n) is 83.1. The van der Waals surface area contributed by atoms with Crippen LogP contribution in [0.1, 0.15) is 244 Å². The highest BCUT2D eigenvalue weighted by Crippen LogP contribution is 2.65. The highest BCUT2D eigenvalue weighted by atomic mass is 127. The Morgan fingerprint density at radius 2 is 0.841 bits per heavy atom. The summed E-state index contributed by atoms with van der Waals surface area (Å²) in [6.07, 6.45) is 40.3. The molecule has 138 heavy (non-hydrogen) atoms. The summed E-state index contributed by atoms with van der Waals surface area (Å²) in [4.78, 5) is 59.1. The molecule has 7 saturated heterocycles. The lowest BCUT2D eigenvalue weighted by molar-refractivity contribution is -0.142. The summed E-state index contributed by atoms with van der Waals surface area (Å²) >= 11 is 7.11. The van der Waals surface area contributed by atoms with E-state index < -0.39 is 45.9 Å². The number of aliphatic hydroxyl groups excluding tert-OH is 1. The Bertz CT molecular complexity index is 4870. The SMILES string of the molecule is CCN(CC)CC.CN.COC1CCC2(CC1)Cc1ccc(CCC3CC3)cc1C21N=C(N)N(CC2CCO2)C1=O.COC1CCC2(CC1)Cc1ccc(CCC3CC3)cc1C21N=C(SCC2CCO2)N(CC2CCO2)C1=O.COC1CCC2(CC1)Cc1ccc(CCC3CC3)cc1C21NC(=S)NC1=O.CS(=O)(=O)Cl.CS(=O)(=O)OCC1CCO1.CS(=O)(=O)OCC1CCO1.I.N.OCC1CCO1. The van der Waals surface area contributed by atoms with Crippen LogP contribution >= 0.6 is 58.6 Å². The van der Waals surface area contributed by atoms with Gasteiger partial charge in [-0.2, -0.15) is 16.8 Å². The van der Waals surface area contributed by atoms with Gasteiger partial charge in [0, 0.05) is 93.7 Å². The number of guanidine groups is 1. The lowest BCUT2D eigenvalue weighted by Crippen LogP contribution is -2.56. The Kier molecular flexibility index (Phi) is 42.1. The number of amides is 3. The van der Waals surface area contributed by atoms with Gasteiger partial charge in [0.1, 0.15) is 0 Å². The van der Waals surface area contributed by atoms with Crippen molar-refractivity contribution in [3.63, 3.8) is 0 Å². The standard InChI is InChI=1S/C30H40N2O4S.C26H35N3O3.C22H28N2O2S.C6H15N.2C5H10O4S.C4H8O2.CH3ClO2S.CH5N.HI.H3N/c1-34-23-8-12-29(13-9-23)17-22-7-6-21(5-4-20-2-3-20)16-26(22)30(29)27(33)32(18-24-10-14-35-24)28(31-30)37-19-25-11-15-36-25;1-31-20-8-11-25(12-9-20)15-19-7-6-18(5-4-17-2-3-17)14-22(19)26(25)23(30)29(24(27)28-26)16-21-10-13-32-21;1-26-17-8-10-21(11-9-17)13-16-7-6-15(5-4-14-2-3-14)12-18(16)22(21)19(25)23-20(27)24-22;1-4-7(5-2)6-3;2*1-10(6,7)9-4-5-2-3-8-5;5-3-4-1-2-6-4;1-5(2,3)4;1-2;;/h6-7,16,20,23-25H,2-5,8-15,17-19H2,1H3;6-7,14,17,20-21H,2-5,8-13,15-16H2,1H3,(H2,27,28);6-7,12,14,17H,2-5,8-11,13H2,1H3,(H2,23,24,25,27);4-6H2,1-3H3;2*5H,2-4H2,1H3;4-5H,1-3H2;1H3;2H2,1H3;1H;1H3. The minimum absolute atomic E-state index is 0. The van der Waals surface area contributed by atoms with E-state index in [0.29, 0.717) is 30.3 Å². The molecule has 18 aliphatic rings. The third kappa shape index (κ3) is 28.2. The van der Waals surface area contributed by atoms with E-state index in [9.17, 15) is 39.6 Å². The minimum Gasteiger partial charge on any atom is -0.394 e. The van der Waals surface area contributed by atoms with Crippen LogP contribution in [-0.2, 0) is 150 Å². The van der Waals surface area contributed by atoms with Gasteiger partial charge in [-0.1, -0.05) is 126 Å². The van der Waals surface area contributed by atoms with Crippen molar-refractivity contribution in [2.45, 2.75) is 304 Å². The van der Waals surface area contributed by atoms with Crippen molar-refractivity contribution in [1.82, 2.24) is 31.5 Å². The third-order valence-electron chi connectivity index (χ3n) is 31.4. The van der Waals surface area contributed by atoms with Gasteiger partial charge in [-0.15, -0.1) is 24.0 Å². The Labute approximate surface area is 852 Å². The largest absolute Gasteiger partial charge is 0.394 e. The first kappa shape index (κ1) is 114. The molecule has 9 atom stereocenters. The first-order valence-electron chi connectivity index (χ1n) is 50.1. The summed E-state index contributed by atoms with van der Waals surface area (Å²) in [5.41, 5.74) is 19.5. The van der Waals surface area contributed by atoms with Gasteiger partial charge in [0.15, 0.2) is 32.9 Å². The van der Waals surface area contributed by atoms with Crippen LogP contribution in [0.4, 0.5) is 0 Å². The van der Waals surface area contributed by atoms with Crippen LogP contribution in [0, 0.1) is 34.0 Å². The number of rotatable bonds is 28. The predicted octanol–water partition coefficient (Wildman–Crippen LogP) is 12.7. The van der Waals surface area contributed by atoms with Gasteiger partial charge in [-0.05, 0) is 280 Å². The number of benzene rings is 3. The molecule has 778 valence electrons. The molecule has 6 saturated carbocycles. The Balaban J connectivity index is 0.000000165. The van der Waals surface area contributed by atoms with Gasteiger partial charge in [0.25, 0.3) is 38.0 Å². The summed E-state index contributed by atoms with van der Waals surface area (Å²) in [6, 6.07) is 20.7. The second-order valence-corrected chi connectivity index (χ2v) is 48.1. The number of carbonyl (C=O) groups excluding carboxylic acids is 3. The second kappa shape index (κ2) is 50.9. The van der Waals surface area contributed by atoms with Crippen LogP contribution < -0.4 is 28.3 Å². The maximum Gasteiger partial charge on any atom is 0.264 e. The number of amidine groups is 1. The molecule has 0 aromatic heterocycles. The lowest BCUT2D eigenvalue weighted by atomic mass is 9.61. The normalized spacial score (nSPS) is 31.1. The van der Waals surface area contributed by atoms with E-state index in [0.717, 1.165) is 247 Å². The van der Waals surface area contributed by atoms with Crippen molar-refractivity contribution in [2.24, 2.45) is 55.5 Å². The van der Waals surface area contributed by atoms with Crippen LogP contribution in [0.3, 0.4) is 0 Å². The van der Waals surface area contributed by atoms with E-state index in [1.54, 1.807) is 30.9 Å². The fraction of sp³-hybridized carbons (Fsp3) is 0.760. The average molecular weight is 2160 g/mol. The predicted molar refractivity (Wildman–Crippen MR) is 552 cm³/mol. The molecule has 10 N–H and O–H groups in total. The van der Waals surface area contributed by atoms with E-state index >= 15 is 0 Å². The summed E-state index contributed by atoms with van der Waals surface area (Å²) in [5.74, 6) is 4.25. The van der Waals surface area contributed by atoms with Gasteiger partial charge in [0.05, 0.1) is 107 Å². The Hall–Kier alpha value is -4.28. The fourth-order valence-electron chi connectivity index (χ4n) is 22.1. The van der Waals surface area contributed by atoms with Crippen LogP contribution in [0.2, 0.25) is 0 Å².